The molecule has 2 amide bonds. The van der Waals surface area contributed by atoms with Crippen molar-refractivity contribution in [2.24, 2.45) is 0 Å². The quantitative estimate of drug-likeness (QED) is 0.748. The Morgan fingerprint density at radius 2 is 1.78 bits per heavy atom. The van der Waals surface area contributed by atoms with Crippen LogP contribution in [0.4, 0.5) is 0 Å². The van der Waals surface area contributed by atoms with Crippen molar-refractivity contribution in [2.75, 3.05) is 26.2 Å². The number of piperidine rings is 2. The molecule has 32 heavy (non-hydrogen) atoms. The lowest BCUT2D eigenvalue weighted by Gasteiger charge is -2.32. The summed E-state index contributed by atoms with van der Waals surface area (Å²) in [6.45, 7) is 2.98. The highest BCUT2D eigenvalue weighted by Gasteiger charge is 2.26. The van der Waals surface area contributed by atoms with Crippen LogP contribution in [-0.2, 0) is 0 Å². The van der Waals surface area contributed by atoms with Crippen molar-refractivity contribution in [2.45, 2.75) is 37.8 Å². The first-order valence-corrected chi connectivity index (χ1v) is 11.1. The minimum atomic E-state index is -0.149. The van der Waals surface area contributed by atoms with Gasteiger partial charge in [-0.25, -0.2) is 0 Å². The van der Waals surface area contributed by atoms with Crippen LogP contribution in [0.2, 0.25) is 0 Å². The second-order valence-electron chi connectivity index (χ2n) is 8.18. The number of hydrogen-bond acceptors (Lipinski definition) is 6. The first-order valence-electron chi connectivity index (χ1n) is 11.1. The van der Waals surface area contributed by atoms with Gasteiger partial charge in [-0.3, -0.25) is 14.6 Å². The molecule has 8 heteroatoms. The number of pyridine rings is 1. The van der Waals surface area contributed by atoms with Crippen molar-refractivity contribution in [3.8, 4) is 11.8 Å². The number of aromatic nitrogens is 1. The first kappa shape index (κ1) is 21.8. The zero-order valence-electron chi connectivity index (χ0n) is 17.9. The molecule has 3 heterocycles. The third-order valence-electron chi connectivity index (χ3n) is 5.93. The number of nitrogens with zero attached hydrogens (tertiary/aromatic N) is 3. The third kappa shape index (κ3) is 5.42. The van der Waals surface area contributed by atoms with Gasteiger partial charge in [0.15, 0.2) is 0 Å². The second-order valence-corrected chi connectivity index (χ2v) is 8.18. The van der Waals surface area contributed by atoms with Crippen molar-refractivity contribution >= 4 is 11.8 Å². The maximum absolute atomic E-state index is 12.8. The van der Waals surface area contributed by atoms with Crippen LogP contribution in [0.15, 0.2) is 42.6 Å². The number of hydrogen-bond donors (Lipinski definition) is 2. The van der Waals surface area contributed by atoms with Crippen LogP contribution in [0.3, 0.4) is 0 Å². The van der Waals surface area contributed by atoms with Crippen LogP contribution in [0.25, 0.3) is 0 Å². The fraction of sp³-hybridized carbons (Fsp3) is 0.417. The molecule has 166 valence electrons. The van der Waals surface area contributed by atoms with Crippen LogP contribution < -0.4 is 15.4 Å². The van der Waals surface area contributed by atoms with Gasteiger partial charge in [-0.05, 0) is 62.3 Å². The van der Waals surface area contributed by atoms with Gasteiger partial charge >= 0.3 is 0 Å². The Hall–Kier alpha value is -3.44. The van der Waals surface area contributed by atoms with Gasteiger partial charge in [-0.2, -0.15) is 5.26 Å². The van der Waals surface area contributed by atoms with Crippen LogP contribution in [0.1, 0.15) is 52.1 Å². The van der Waals surface area contributed by atoms with E-state index in [0.29, 0.717) is 29.9 Å². The molecule has 0 saturated carbocycles. The van der Waals surface area contributed by atoms with Crippen LogP contribution in [0, 0.1) is 11.3 Å². The van der Waals surface area contributed by atoms with Crippen LogP contribution in [-0.4, -0.2) is 60.0 Å². The zero-order valence-corrected chi connectivity index (χ0v) is 17.9. The molecule has 2 aliphatic heterocycles. The van der Waals surface area contributed by atoms with E-state index in [2.05, 4.69) is 21.7 Å². The highest BCUT2D eigenvalue weighted by atomic mass is 16.5. The number of nitrogens with one attached hydrogen (secondary N) is 2. The van der Waals surface area contributed by atoms with Crippen molar-refractivity contribution in [3.05, 3.63) is 59.4 Å². The predicted molar refractivity (Wildman–Crippen MR) is 118 cm³/mol. The lowest BCUT2D eigenvalue weighted by atomic mass is 10.1. The number of carbonyl (C=O) groups excluding carboxylic acids is 2. The van der Waals surface area contributed by atoms with Crippen LogP contribution >= 0.6 is 0 Å². The lowest BCUT2D eigenvalue weighted by Crippen LogP contribution is -2.43. The number of amides is 2. The standard InChI is InChI=1S/C24H27N5O3/c25-15-17-1-4-20(5-2-17)32-21-9-13-29(14-10-21)24(31)22-6-3-18(16-27-22)23(30)28-19-7-11-26-12-8-19/h1-6,16,19,21,26H,7-14H2,(H,28,30). The summed E-state index contributed by atoms with van der Waals surface area (Å²) in [6.07, 6.45) is 4.79. The van der Waals surface area contributed by atoms with Gasteiger partial charge in [0.25, 0.3) is 11.8 Å². The number of nitriles is 1. The molecule has 2 saturated heterocycles. The molecule has 0 aliphatic carbocycles. The lowest BCUT2D eigenvalue weighted by molar-refractivity contribution is 0.0589. The maximum atomic E-state index is 12.8. The fourth-order valence-corrected chi connectivity index (χ4v) is 4.03. The SMILES string of the molecule is N#Cc1ccc(OC2CCN(C(=O)c3ccc(C(=O)NC4CCNCC4)cn3)CC2)cc1. The van der Waals surface area contributed by atoms with E-state index >= 15 is 0 Å². The van der Waals surface area contributed by atoms with Crippen LogP contribution in [0.5, 0.6) is 5.75 Å². The van der Waals surface area contributed by atoms with E-state index in [9.17, 15) is 9.59 Å². The largest absolute Gasteiger partial charge is 0.490 e. The molecule has 2 aliphatic rings. The molecule has 0 unspecified atom stereocenters. The third-order valence-corrected chi connectivity index (χ3v) is 5.93. The average Bonchev–Trinajstić information content (AvgIpc) is 2.85. The Balaban J connectivity index is 1.27. The van der Waals surface area contributed by atoms with E-state index in [4.69, 9.17) is 10.00 Å². The Bertz CT molecular complexity index is 970. The summed E-state index contributed by atoms with van der Waals surface area (Å²) < 4.78 is 5.98. The summed E-state index contributed by atoms with van der Waals surface area (Å²) in [6, 6.07) is 12.6. The van der Waals surface area contributed by atoms with Gasteiger partial charge in [0.1, 0.15) is 17.5 Å². The number of ether oxygens (including phenoxy) is 1. The molecular weight excluding hydrogens is 406 g/mol. The highest BCUT2D eigenvalue weighted by molar-refractivity contribution is 5.96. The van der Waals surface area contributed by atoms with Gasteiger partial charge in [0, 0.05) is 38.2 Å². The van der Waals surface area contributed by atoms with E-state index in [-0.39, 0.29) is 24.0 Å². The summed E-state index contributed by atoms with van der Waals surface area (Å²) in [5, 5.41) is 15.2. The second kappa shape index (κ2) is 10.2. The normalized spacial score (nSPS) is 17.4. The molecular formula is C24H27N5O3. The number of rotatable bonds is 5. The molecule has 2 N–H and O–H groups in total. The van der Waals surface area contributed by atoms with Crippen molar-refractivity contribution in [1.29, 1.82) is 5.26 Å². The summed E-state index contributed by atoms with van der Waals surface area (Å²) >= 11 is 0. The molecule has 0 radical (unpaired) electrons. The highest BCUT2D eigenvalue weighted by Crippen LogP contribution is 2.20. The molecule has 2 aromatic rings. The molecule has 0 atom stereocenters. The Morgan fingerprint density at radius 1 is 1.06 bits per heavy atom. The van der Waals surface area contributed by atoms with Gasteiger partial charge < -0.3 is 20.3 Å². The van der Waals surface area contributed by atoms with Gasteiger partial charge in [0.2, 0.25) is 0 Å². The maximum Gasteiger partial charge on any atom is 0.272 e. The molecule has 0 spiro atoms. The Kier molecular flexibility index (Phi) is 6.97. The van der Waals surface area contributed by atoms with E-state index in [1.165, 1.54) is 6.20 Å². The fourth-order valence-electron chi connectivity index (χ4n) is 4.03. The van der Waals surface area contributed by atoms with Gasteiger partial charge in [0.05, 0.1) is 17.2 Å². The summed E-state index contributed by atoms with van der Waals surface area (Å²) in [5.74, 6) is 0.449. The molecule has 2 fully saturated rings. The number of carbonyl (C=O) groups is 2. The summed E-state index contributed by atoms with van der Waals surface area (Å²) in [5.41, 5.74) is 1.41. The number of likely N-dealkylation sites (tertiary alicyclic amines) is 1. The average molecular weight is 434 g/mol. The number of benzene rings is 1. The molecule has 4 rings (SSSR count). The Labute approximate surface area is 187 Å². The van der Waals surface area contributed by atoms with Crippen molar-refractivity contribution in [1.82, 2.24) is 20.5 Å². The zero-order chi connectivity index (χ0) is 22.3. The summed E-state index contributed by atoms with van der Waals surface area (Å²) in [7, 11) is 0. The predicted octanol–water partition coefficient (Wildman–Crippen LogP) is 2.12. The molecule has 8 nitrogen and oxygen atoms in total. The van der Waals surface area contributed by atoms with Crippen molar-refractivity contribution < 1.29 is 14.3 Å². The van der Waals surface area contributed by atoms with E-state index in [0.717, 1.165) is 44.5 Å². The topological polar surface area (TPSA) is 107 Å². The monoisotopic (exact) mass is 433 g/mol. The smallest absolute Gasteiger partial charge is 0.272 e. The molecule has 1 aromatic heterocycles. The Morgan fingerprint density at radius 3 is 2.41 bits per heavy atom. The molecule has 1 aromatic carbocycles. The van der Waals surface area contributed by atoms with Gasteiger partial charge in [-0.15, -0.1) is 0 Å². The van der Waals surface area contributed by atoms with E-state index < -0.39 is 0 Å². The first-order chi connectivity index (χ1) is 15.6. The van der Waals surface area contributed by atoms with Crippen molar-refractivity contribution in [3.63, 3.8) is 0 Å². The van der Waals surface area contributed by atoms with Gasteiger partial charge in [-0.1, -0.05) is 0 Å². The van der Waals surface area contributed by atoms with E-state index in [1.54, 1.807) is 41.3 Å². The minimum Gasteiger partial charge on any atom is -0.490 e. The van der Waals surface area contributed by atoms with E-state index in [1.807, 2.05) is 0 Å². The molecule has 0 bridgehead atoms. The summed E-state index contributed by atoms with van der Waals surface area (Å²) in [4.78, 5) is 31.3. The minimum absolute atomic E-state index is 0.0287.